The van der Waals surface area contributed by atoms with Crippen molar-refractivity contribution < 1.29 is 0 Å². The number of aryl methyl sites for hydroxylation is 1. The molecule has 0 atom stereocenters. The van der Waals surface area contributed by atoms with Crippen molar-refractivity contribution in [3.8, 4) is 10.6 Å². The van der Waals surface area contributed by atoms with Crippen LogP contribution in [-0.2, 0) is 0 Å². The quantitative estimate of drug-likeness (QED) is 0.704. The van der Waals surface area contributed by atoms with Crippen LogP contribution in [0.2, 0.25) is 0 Å². The van der Waals surface area contributed by atoms with E-state index in [0.29, 0.717) is 0 Å². The Bertz CT molecular complexity index is 468. The van der Waals surface area contributed by atoms with Crippen molar-refractivity contribution in [1.82, 2.24) is 4.98 Å². The number of thiophene rings is 1. The lowest BCUT2D eigenvalue weighted by Gasteiger charge is -1.98. The summed E-state index contributed by atoms with van der Waals surface area (Å²) in [5, 5.41) is 2.09. The molecule has 0 spiro atoms. The topological polar surface area (TPSA) is 15.8 Å². The second-order valence-electron chi connectivity index (χ2n) is 2.87. The van der Waals surface area contributed by atoms with Gasteiger partial charge >= 0.3 is 0 Å². The zero-order chi connectivity index (χ0) is 9.26. The van der Waals surface area contributed by atoms with Gasteiger partial charge < -0.3 is 4.98 Å². The molecule has 0 saturated carbocycles. The van der Waals surface area contributed by atoms with E-state index < -0.39 is 0 Å². The number of H-pyrrole nitrogens is 1. The Morgan fingerprint density at radius 3 is 2.85 bits per heavy atom. The zero-order valence-corrected chi connectivity index (χ0v) is 8.84. The summed E-state index contributed by atoms with van der Waals surface area (Å²) in [5.41, 5.74) is 2.40. The van der Waals surface area contributed by atoms with Gasteiger partial charge in [-0.25, -0.2) is 0 Å². The first kappa shape index (κ1) is 8.66. The molecule has 0 aliphatic carbocycles. The number of nitrogens with one attached hydrogen (secondary N) is 1. The third-order valence-electron chi connectivity index (χ3n) is 1.88. The standard InChI is InChI=1S/C10H9NS2/c1-7-3-5-13-10(7)9-6-8(12)2-4-11-9/h2-6H,1H3,(H,11,12). The second kappa shape index (κ2) is 3.44. The highest BCUT2D eigenvalue weighted by atomic mass is 32.1. The molecule has 1 nitrogen and oxygen atoms in total. The zero-order valence-electron chi connectivity index (χ0n) is 7.20. The average Bonchev–Trinajstić information content (AvgIpc) is 2.51. The Balaban J connectivity index is 2.59. The maximum absolute atomic E-state index is 5.10. The first-order valence-corrected chi connectivity index (χ1v) is 5.29. The van der Waals surface area contributed by atoms with Gasteiger partial charge in [-0.15, -0.1) is 11.3 Å². The molecule has 0 radical (unpaired) electrons. The van der Waals surface area contributed by atoms with Crippen LogP contribution >= 0.6 is 23.6 Å². The largest absolute Gasteiger partial charge is 0.360 e. The smallest absolute Gasteiger partial charge is 0.0572 e. The van der Waals surface area contributed by atoms with Crippen molar-refractivity contribution in [1.29, 1.82) is 0 Å². The van der Waals surface area contributed by atoms with E-state index in [1.54, 1.807) is 11.3 Å². The van der Waals surface area contributed by atoms with Crippen LogP contribution in [-0.4, -0.2) is 4.98 Å². The first-order valence-electron chi connectivity index (χ1n) is 4.00. The molecule has 3 heteroatoms. The maximum atomic E-state index is 5.10. The fraction of sp³-hybridized carbons (Fsp3) is 0.100. The maximum Gasteiger partial charge on any atom is 0.0572 e. The van der Waals surface area contributed by atoms with E-state index in [1.807, 2.05) is 18.3 Å². The minimum absolute atomic E-state index is 0.876. The minimum Gasteiger partial charge on any atom is -0.360 e. The molecule has 2 aromatic heterocycles. The van der Waals surface area contributed by atoms with Gasteiger partial charge in [-0.3, -0.25) is 0 Å². The molecule has 0 aromatic carbocycles. The molecule has 0 unspecified atom stereocenters. The van der Waals surface area contributed by atoms with Crippen molar-refractivity contribution in [3.63, 3.8) is 0 Å². The summed E-state index contributed by atoms with van der Waals surface area (Å²) in [6.07, 6.45) is 1.89. The number of hydrogen-bond acceptors (Lipinski definition) is 2. The van der Waals surface area contributed by atoms with Crippen LogP contribution in [0.25, 0.3) is 10.6 Å². The lowest BCUT2D eigenvalue weighted by molar-refractivity contribution is 1.32. The Morgan fingerprint density at radius 2 is 2.23 bits per heavy atom. The Morgan fingerprint density at radius 1 is 1.38 bits per heavy atom. The number of aromatic amines is 1. The van der Waals surface area contributed by atoms with Gasteiger partial charge in [-0.1, -0.05) is 12.2 Å². The van der Waals surface area contributed by atoms with Crippen LogP contribution in [0.4, 0.5) is 0 Å². The van der Waals surface area contributed by atoms with E-state index in [-0.39, 0.29) is 0 Å². The molecule has 2 rings (SSSR count). The summed E-state index contributed by atoms with van der Waals surface area (Å²) < 4.78 is 0.876. The molecule has 0 amide bonds. The summed E-state index contributed by atoms with van der Waals surface area (Å²) in [6.45, 7) is 2.11. The summed E-state index contributed by atoms with van der Waals surface area (Å²) in [7, 11) is 0. The predicted octanol–water partition coefficient (Wildman–Crippen LogP) is 3.78. The van der Waals surface area contributed by atoms with Crippen LogP contribution < -0.4 is 0 Å². The van der Waals surface area contributed by atoms with E-state index in [4.69, 9.17) is 12.2 Å². The molecule has 0 aliphatic rings. The summed E-state index contributed by atoms with van der Waals surface area (Å²) in [4.78, 5) is 4.47. The Labute approximate surface area is 86.1 Å². The lowest BCUT2D eigenvalue weighted by Crippen LogP contribution is -1.80. The van der Waals surface area contributed by atoms with Gasteiger partial charge in [0, 0.05) is 10.7 Å². The van der Waals surface area contributed by atoms with Gasteiger partial charge in [-0.2, -0.15) is 0 Å². The third kappa shape index (κ3) is 1.71. The van der Waals surface area contributed by atoms with Gasteiger partial charge in [0.25, 0.3) is 0 Å². The number of hydrogen-bond donors (Lipinski definition) is 1. The van der Waals surface area contributed by atoms with Crippen molar-refractivity contribution in [2.24, 2.45) is 0 Å². The minimum atomic E-state index is 0.876. The normalized spacial score (nSPS) is 10.2. The third-order valence-corrected chi connectivity index (χ3v) is 3.18. The molecule has 0 bridgehead atoms. The predicted molar refractivity (Wildman–Crippen MR) is 59.7 cm³/mol. The molecule has 2 heterocycles. The number of rotatable bonds is 1. The monoisotopic (exact) mass is 207 g/mol. The van der Waals surface area contributed by atoms with Gasteiger partial charge in [0.15, 0.2) is 0 Å². The molecule has 0 fully saturated rings. The first-order chi connectivity index (χ1) is 6.27. The van der Waals surface area contributed by atoms with Crippen LogP contribution in [0.15, 0.2) is 29.8 Å². The van der Waals surface area contributed by atoms with Crippen molar-refractivity contribution >= 4 is 23.6 Å². The Hall–Kier alpha value is -0.930. The van der Waals surface area contributed by atoms with Gasteiger partial charge in [0.2, 0.25) is 0 Å². The van der Waals surface area contributed by atoms with E-state index in [0.717, 1.165) is 10.2 Å². The molecular weight excluding hydrogens is 198 g/mol. The lowest BCUT2D eigenvalue weighted by atomic mass is 10.2. The highest BCUT2D eigenvalue weighted by molar-refractivity contribution is 7.71. The molecule has 13 heavy (non-hydrogen) atoms. The molecule has 0 saturated heterocycles. The second-order valence-corrected chi connectivity index (χ2v) is 4.26. The number of aromatic nitrogens is 1. The van der Waals surface area contributed by atoms with Gasteiger partial charge in [0.05, 0.1) is 10.6 Å². The van der Waals surface area contributed by atoms with Crippen molar-refractivity contribution in [3.05, 3.63) is 39.8 Å². The SMILES string of the molecule is Cc1ccsc1-c1cc(=S)cc[nH]1. The van der Waals surface area contributed by atoms with E-state index >= 15 is 0 Å². The van der Waals surface area contributed by atoms with Crippen LogP contribution in [0.3, 0.4) is 0 Å². The highest BCUT2D eigenvalue weighted by Crippen LogP contribution is 2.26. The molecule has 66 valence electrons. The van der Waals surface area contributed by atoms with E-state index in [2.05, 4.69) is 23.4 Å². The van der Waals surface area contributed by atoms with Crippen molar-refractivity contribution in [2.75, 3.05) is 0 Å². The van der Waals surface area contributed by atoms with Crippen molar-refractivity contribution in [2.45, 2.75) is 6.92 Å². The highest BCUT2D eigenvalue weighted by Gasteiger charge is 2.02. The summed E-state index contributed by atoms with van der Waals surface area (Å²) >= 11 is 6.84. The van der Waals surface area contributed by atoms with E-state index in [9.17, 15) is 0 Å². The molecule has 0 aliphatic heterocycles. The summed E-state index contributed by atoms with van der Waals surface area (Å²) in [5.74, 6) is 0. The summed E-state index contributed by atoms with van der Waals surface area (Å²) in [6, 6.07) is 6.00. The molecular formula is C10H9NS2. The van der Waals surface area contributed by atoms with E-state index in [1.165, 1.54) is 10.4 Å². The molecule has 1 N–H and O–H groups in total. The van der Waals surface area contributed by atoms with Gasteiger partial charge in [-0.05, 0) is 36.1 Å². The van der Waals surface area contributed by atoms with Crippen LogP contribution in [0.1, 0.15) is 5.56 Å². The number of pyridine rings is 1. The fourth-order valence-corrected chi connectivity index (χ4v) is 2.32. The Kier molecular flexibility index (Phi) is 2.29. The average molecular weight is 207 g/mol. The van der Waals surface area contributed by atoms with Gasteiger partial charge in [0.1, 0.15) is 0 Å². The molecule has 2 aromatic rings. The van der Waals surface area contributed by atoms with Crippen LogP contribution in [0.5, 0.6) is 0 Å². The van der Waals surface area contributed by atoms with Crippen LogP contribution in [0, 0.1) is 11.4 Å². The fourth-order valence-electron chi connectivity index (χ4n) is 1.23.